The largest absolute Gasteiger partial charge is 0.386 e. The number of amides is 2. The van der Waals surface area contributed by atoms with Crippen molar-refractivity contribution in [2.75, 3.05) is 18.4 Å². The number of hydrogen-bond acceptors (Lipinski definition) is 4. The highest BCUT2D eigenvalue weighted by atomic mass is 35.5. The van der Waals surface area contributed by atoms with E-state index in [2.05, 4.69) is 10.5 Å². The molecule has 1 fully saturated rings. The Morgan fingerprint density at radius 3 is 2.87 bits per heavy atom. The zero-order chi connectivity index (χ0) is 21.3. The van der Waals surface area contributed by atoms with Crippen LogP contribution >= 0.6 is 11.6 Å². The first-order valence-corrected chi connectivity index (χ1v) is 10.1. The molecule has 8 heteroatoms. The Balaban J connectivity index is 1.42. The number of piperidine rings is 1. The molecule has 1 N–H and O–H groups in total. The van der Waals surface area contributed by atoms with E-state index < -0.39 is 11.4 Å². The standard InChI is InChI=1S/C22H21ClFN3O3/c1-14-6-7-15(10-18(14)24)21(29)27-9-3-8-22(13-27)12-19(26-30-22)20(28)25-17-5-2-4-16(23)11-17/h2,4-7,10-11H,3,8-9,12-13H2,1H3,(H,25,28)/t22-/m1/s1. The second kappa shape index (κ2) is 8.07. The van der Waals surface area contributed by atoms with Gasteiger partial charge in [0.1, 0.15) is 11.5 Å². The fourth-order valence-corrected chi connectivity index (χ4v) is 4.00. The molecule has 2 heterocycles. The van der Waals surface area contributed by atoms with E-state index in [0.717, 1.165) is 0 Å². The van der Waals surface area contributed by atoms with Crippen molar-refractivity contribution in [3.63, 3.8) is 0 Å². The van der Waals surface area contributed by atoms with E-state index in [-0.39, 0.29) is 17.5 Å². The van der Waals surface area contributed by atoms with Crippen LogP contribution in [0, 0.1) is 12.7 Å². The van der Waals surface area contributed by atoms with E-state index in [0.29, 0.717) is 54.2 Å². The first-order chi connectivity index (χ1) is 14.3. The lowest BCUT2D eigenvalue weighted by molar-refractivity contribution is -0.110. The summed E-state index contributed by atoms with van der Waals surface area (Å²) < 4.78 is 13.9. The lowest BCUT2D eigenvalue weighted by Gasteiger charge is -2.38. The van der Waals surface area contributed by atoms with Crippen molar-refractivity contribution in [2.24, 2.45) is 5.16 Å². The van der Waals surface area contributed by atoms with Crippen molar-refractivity contribution in [3.8, 4) is 0 Å². The van der Waals surface area contributed by atoms with Crippen molar-refractivity contribution in [3.05, 3.63) is 64.4 Å². The molecule has 0 bridgehead atoms. The fraction of sp³-hybridized carbons (Fsp3) is 0.318. The van der Waals surface area contributed by atoms with Gasteiger partial charge in [0.05, 0.1) is 6.54 Å². The monoisotopic (exact) mass is 429 g/mol. The summed E-state index contributed by atoms with van der Waals surface area (Å²) in [5.41, 5.74) is 0.888. The summed E-state index contributed by atoms with van der Waals surface area (Å²) in [6, 6.07) is 11.3. The van der Waals surface area contributed by atoms with Gasteiger partial charge >= 0.3 is 0 Å². The second-order valence-electron chi connectivity index (χ2n) is 7.75. The van der Waals surface area contributed by atoms with Crippen LogP contribution in [0.2, 0.25) is 5.02 Å². The van der Waals surface area contributed by atoms with Gasteiger partial charge in [-0.15, -0.1) is 0 Å². The molecule has 2 aliphatic heterocycles. The van der Waals surface area contributed by atoms with E-state index in [1.54, 1.807) is 48.2 Å². The predicted molar refractivity (Wildman–Crippen MR) is 112 cm³/mol. The molecule has 1 spiro atoms. The summed E-state index contributed by atoms with van der Waals surface area (Å²) in [6.45, 7) is 2.49. The molecule has 1 atom stereocenters. The normalized spacial score (nSPS) is 20.6. The van der Waals surface area contributed by atoms with Crippen molar-refractivity contribution in [1.82, 2.24) is 4.90 Å². The number of aryl methyl sites for hydroxylation is 1. The predicted octanol–water partition coefficient (Wildman–Crippen LogP) is 4.18. The molecule has 0 saturated carbocycles. The molecule has 6 nitrogen and oxygen atoms in total. The first kappa shape index (κ1) is 20.3. The van der Waals surface area contributed by atoms with Gasteiger partial charge in [0.2, 0.25) is 0 Å². The zero-order valence-electron chi connectivity index (χ0n) is 16.5. The lowest BCUT2D eigenvalue weighted by Crippen LogP contribution is -2.50. The average Bonchev–Trinajstić information content (AvgIpc) is 3.13. The van der Waals surface area contributed by atoms with E-state index in [4.69, 9.17) is 16.4 Å². The molecule has 4 rings (SSSR count). The molecule has 156 valence electrons. The summed E-state index contributed by atoms with van der Waals surface area (Å²) in [4.78, 5) is 32.7. The van der Waals surface area contributed by atoms with Crippen LogP contribution in [0.25, 0.3) is 0 Å². The van der Waals surface area contributed by atoms with Gasteiger partial charge in [-0.3, -0.25) is 9.59 Å². The highest BCUT2D eigenvalue weighted by molar-refractivity contribution is 6.43. The third-order valence-corrected chi connectivity index (χ3v) is 5.66. The van der Waals surface area contributed by atoms with Gasteiger partial charge in [0.25, 0.3) is 11.8 Å². The van der Waals surface area contributed by atoms with Gasteiger partial charge in [0, 0.05) is 29.2 Å². The number of carbonyl (C=O) groups excluding carboxylic acids is 2. The van der Waals surface area contributed by atoms with E-state index in [1.165, 1.54) is 6.07 Å². The van der Waals surface area contributed by atoms with Gasteiger partial charge in [-0.05, 0) is 55.7 Å². The van der Waals surface area contributed by atoms with Crippen molar-refractivity contribution < 1.29 is 18.8 Å². The summed E-state index contributed by atoms with van der Waals surface area (Å²) >= 11 is 5.95. The highest BCUT2D eigenvalue weighted by Crippen LogP contribution is 2.34. The van der Waals surface area contributed by atoms with E-state index in [9.17, 15) is 14.0 Å². The molecular formula is C22H21ClFN3O3. The molecular weight excluding hydrogens is 409 g/mol. The Labute approximate surface area is 178 Å². The van der Waals surface area contributed by atoms with Gasteiger partial charge in [0.15, 0.2) is 5.60 Å². The third-order valence-electron chi connectivity index (χ3n) is 5.43. The molecule has 2 aliphatic rings. The topological polar surface area (TPSA) is 71.0 Å². The van der Waals surface area contributed by atoms with Crippen LogP contribution in [-0.4, -0.2) is 41.1 Å². The lowest BCUT2D eigenvalue weighted by atomic mass is 9.87. The smallest absolute Gasteiger partial charge is 0.273 e. The molecule has 0 aliphatic carbocycles. The Morgan fingerprint density at radius 2 is 2.10 bits per heavy atom. The Hall–Kier alpha value is -2.93. The van der Waals surface area contributed by atoms with E-state index in [1.807, 2.05) is 0 Å². The van der Waals surface area contributed by atoms with Gasteiger partial charge < -0.3 is 15.1 Å². The van der Waals surface area contributed by atoms with Crippen LogP contribution in [0.5, 0.6) is 0 Å². The number of hydrogen-bond donors (Lipinski definition) is 1. The SMILES string of the molecule is Cc1ccc(C(=O)N2CCC[C@@]3(CC(C(=O)Nc4cccc(Cl)c4)=NO3)C2)cc1F. The summed E-state index contributed by atoms with van der Waals surface area (Å²) in [6.07, 6.45) is 1.68. The molecule has 0 aromatic heterocycles. The van der Waals surface area contributed by atoms with Gasteiger partial charge in [-0.25, -0.2) is 4.39 Å². The van der Waals surface area contributed by atoms with Crippen molar-refractivity contribution in [1.29, 1.82) is 0 Å². The zero-order valence-corrected chi connectivity index (χ0v) is 17.2. The maximum Gasteiger partial charge on any atom is 0.273 e. The van der Waals surface area contributed by atoms with Gasteiger partial charge in [-0.1, -0.05) is 28.9 Å². The molecule has 0 unspecified atom stereocenters. The Bertz CT molecular complexity index is 1040. The minimum Gasteiger partial charge on any atom is -0.386 e. The van der Waals surface area contributed by atoms with Gasteiger partial charge in [-0.2, -0.15) is 0 Å². The molecule has 2 amide bonds. The van der Waals surface area contributed by atoms with E-state index >= 15 is 0 Å². The summed E-state index contributed by atoms with van der Waals surface area (Å²) in [5, 5.41) is 7.28. The first-order valence-electron chi connectivity index (χ1n) is 9.73. The fourth-order valence-electron chi connectivity index (χ4n) is 3.81. The molecule has 1 saturated heterocycles. The third kappa shape index (κ3) is 4.16. The summed E-state index contributed by atoms with van der Waals surface area (Å²) in [7, 11) is 0. The minimum atomic E-state index is -0.738. The van der Waals surface area contributed by atoms with Crippen LogP contribution in [0.15, 0.2) is 47.6 Å². The number of oxime groups is 1. The summed E-state index contributed by atoms with van der Waals surface area (Å²) in [5.74, 6) is -1.03. The number of benzene rings is 2. The maximum absolute atomic E-state index is 13.9. The Morgan fingerprint density at radius 1 is 1.27 bits per heavy atom. The molecule has 2 aromatic carbocycles. The van der Waals surface area contributed by atoms with Crippen molar-refractivity contribution >= 4 is 34.8 Å². The highest BCUT2D eigenvalue weighted by Gasteiger charge is 2.45. The number of carbonyl (C=O) groups is 2. The minimum absolute atomic E-state index is 0.256. The van der Waals surface area contributed by atoms with Crippen LogP contribution in [0.3, 0.4) is 0 Å². The number of nitrogens with zero attached hydrogens (tertiary/aromatic N) is 2. The van der Waals surface area contributed by atoms with Crippen molar-refractivity contribution in [2.45, 2.75) is 31.8 Å². The molecule has 2 aromatic rings. The van der Waals surface area contributed by atoms with Crippen LogP contribution in [-0.2, 0) is 9.63 Å². The number of rotatable bonds is 3. The van der Waals surface area contributed by atoms with Crippen LogP contribution in [0.4, 0.5) is 10.1 Å². The Kier molecular flexibility index (Phi) is 5.47. The average molecular weight is 430 g/mol. The number of anilines is 1. The number of likely N-dealkylation sites (tertiary alicyclic amines) is 1. The quantitative estimate of drug-likeness (QED) is 0.795. The van der Waals surface area contributed by atoms with Crippen LogP contribution in [0.1, 0.15) is 35.2 Å². The maximum atomic E-state index is 13.9. The molecule has 0 radical (unpaired) electrons. The number of nitrogens with one attached hydrogen (secondary N) is 1. The molecule has 30 heavy (non-hydrogen) atoms. The van der Waals surface area contributed by atoms with Crippen LogP contribution < -0.4 is 5.32 Å². The second-order valence-corrected chi connectivity index (χ2v) is 8.18. The number of halogens is 2.